The Balaban J connectivity index is 2.21. The highest BCUT2D eigenvalue weighted by Gasteiger charge is 2.09. The molecule has 0 aliphatic rings. The van der Waals surface area contributed by atoms with Crippen molar-refractivity contribution >= 4 is 0 Å². The van der Waals surface area contributed by atoms with E-state index in [-0.39, 0.29) is 6.04 Å². The van der Waals surface area contributed by atoms with Gasteiger partial charge < -0.3 is 10.3 Å². The SMILES string of the molecule is Cc1ccc(-c2nc(CC(C)N)no2)cc1. The van der Waals surface area contributed by atoms with E-state index in [4.69, 9.17) is 10.3 Å². The predicted molar refractivity (Wildman–Crippen MR) is 61.8 cm³/mol. The molecule has 1 aromatic carbocycles. The zero-order valence-electron chi connectivity index (χ0n) is 9.47. The minimum atomic E-state index is 0.0449. The van der Waals surface area contributed by atoms with Crippen molar-refractivity contribution in [2.75, 3.05) is 0 Å². The number of hydrogen-bond acceptors (Lipinski definition) is 4. The minimum absolute atomic E-state index is 0.0449. The molecule has 0 bridgehead atoms. The maximum atomic E-state index is 5.67. The molecule has 0 fully saturated rings. The molecular formula is C12H15N3O. The van der Waals surface area contributed by atoms with Gasteiger partial charge in [-0.3, -0.25) is 0 Å². The molecule has 84 valence electrons. The molecule has 0 aliphatic heterocycles. The molecule has 1 heterocycles. The number of nitrogens with zero attached hydrogens (tertiary/aromatic N) is 2. The summed E-state index contributed by atoms with van der Waals surface area (Å²) in [5.74, 6) is 1.21. The molecule has 0 saturated carbocycles. The topological polar surface area (TPSA) is 64.9 Å². The summed E-state index contributed by atoms with van der Waals surface area (Å²) >= 11 is 0. The predicted octanol–water partition coefficient (Wildman–Crippen LogP) is 1.93. The highest BCUT2D eigenvalue weighted by atomic mass is 16.5. The van der Waals surface area contributed by atoms with Crippen molar-refractivity contribution in [3.05, 3.63) is 35.7 Å². The third-order valence-electron chi connectivity index (χ3n) is 2.27. The lowest BCUT2D eigenvalue weighted by molar-refractivity contribution is 0.420. The average molecular weight is 217 g/mol. The van der Waals surface area contributed by atoms with Gasteiger partial charge in [0.15, 0.2) is 5.82 Å². The summed E-state index contributed by atoms with van der Waals surface area (Å²) in [6.45, 7) is 3.96. The fourth-order valence-electron chi connectivity index (χ4n) is 1.44. The van der Waals surface area contributed by atoms with Crippen molar-refractivity contribution in [3.8, 4) is 11.5 Å². The van der Waals surface area contributed by atoms with Gasteiger partial charge in [-0.2, -0.15) is 4.98 Å². The fraction of sp³-hybridized carbons (Fsp3) is 0.333. The van der Waals surface area contributed by atoms with Crippen LogP contribution in [0, 0.1) is 6.92 Å². The Bertz CT molecular complexity index is 459. The highest BCUT2D eigenvalue weighted by molar-refractivity contribution is 5.53. The number of aromatic nitrogens is 2. The van der Waals surface area contributed by atoms with Crippen LogP contribution in [0.1, 0.15) is 18.3 Å². The van der Waals surface area contributed by atoms with Crippen LogP contribution in [0.25, 0.3) is 11.5 Å². The first kappa shape index (κ1) is 10.8. The van der Waals surface area contributed by atoms with Crippen molar-refractivity contribution in [2.24, 2.45) is 5.73 Å². The van der Waals surface area contributed by atoms with E-state index in [0.717, 1.165) is 5.56 Å². The Morgan fingerprint density at radius 2 is 2.00 bits per heavy atom. The third kappa shape index (κ3) is 2.46. The minimum Gasteiger partial charge on any atom is -0.334 e. The fourth-order valence-corrected chi connectivity index (χ4v) is 1.44. The summed E-state index contributed by atoms with van der Waals surface area (Å²) in [6.07, 6.45) is 0.634. The van der Waals surface area contributed by atoms with Crippen LogP contribution >= 0.6 is 0 Å². The second kappa shape index (κ2) is 4.45. The number of aryl methyl sites for hydroxylation is 1. The number of rotatable bonds is 3. The van der Waals surface area contributed by atoms with Crippen molar-refractivity contribution in [1.82, 2.24) is 10.1 Å². The van der Waals surface area contributed by atoms with E-state index in [2.05, 4.69) is 10.1 Å². The van der Waals surface area contributed by atoms with Gasteiger partial charge in [-0.1, -0.05) is 22.9 Å². The van der Waals surface area contributed by atoms with Gasteiger partial charge >= 0.3 is 0 Å². The zero-order valence-corrected chi connectivity index (χ0v) is 9.47. The van der Waals surface area contributed by atoms with E-state index < -0.39 is 0 Å². The van der Waals surface area contributed by atoms with Gasteiger partial charge in [-0.25, -0.2) is 0 Å². The monoisotopic (exact) mass is 217 g/mol. The molecule has 0 spiro atoms. The lowest BCUT2D eigenvalue weighted by Gasteiger charge is -1.97. The van der Waals surface area contributed by atoms with Crippen molar-refractivity contribution in [2.45, 2.75) is 26.3 Å². The van der Waals surface area contributed by atoms with E-state index in [0.29, 0.717) is 18.1 Å². The van der Waals surface area contributed by atoms with Crippen LogP contribution in [0.15, 0.2) is 28.8 Å². The van der Waals surface area contributed by atoms with Crippen molar-refractivity contribution < 1.29 is 4.52 Å². The molecule has 0 saturated heterocycles. The molecule has 2 aromatic rings. The van der Waals surface area contributed by atoms with Gasteiger partial charge in [0.05, 0.1) is 0 Å². The number of benzene rings is 1. The first-order valence-corrected chi connectivity index (χ1v) is 5.30. The molecule has 16 heavy (non-hydrogen) atoms. The van der Waals surface area contributed by atoms with Gasteiger partial charge in [-0.05, 0) is 26.0 Å². The molecule has 1 unspecified atom stereocenters. The molecule has 1 aromatic heterocycles. The van der Waals surface area contributed by atoms with Crippen LogP contribution in [0.3, 0.4) is 0 Å². The number of nitrogens with two attached hydrogens (primary N) is 1. The van der Waals surface area contributed by atoms with Gasteiger partial charge in [0, 0.05) is 18.0 Å². The second-order valence-electron chi connectivity index (χ2n) is 4.06. The highest BCUT2D eigenvalue weighted by Crippen LogP contribution is 2.17. The number of hydrogen-bond donors (Lipinski definition) is 1. The van der Waals surface area contributed by atoms with Gasteiger partial charge in [-0.15, -0.1) is 0 Å². The van der Waals surface area contributed by atoms with Crippen LogP contribution in [0.5, 0.6) is 0 Å². The Hall–Kier alpha value is -1.68. The summed E-state index contributed by atoms with van der Waals surface area (Å²) in [5, 5.41) is 3.89. The molecule has 0 amide bonds. The summed E-state index contributed by atoms with van der Waals surface area (Å²) in [5.41, 5.74) is 7.82. The summed E-state index contributed by atoms with van der Waals surface area (Å²) in [6, 6.07) is 8.02. The molecule has 4 nitrogen and oxygen atoms in total. The summed E-state index contributed by atoms with van der Waals surface area (Å²) < 4.78 is 5.17. The van der Waals surface area contributed by atoms with Gasteiger partial charge in [0.25, 0.3) is 5.89 Å². The van der Waals surface area contributed by atoms with Crippen molar-refractivity contribution in [3.63, 3.8) is 0 Å². The third-order valence-corrected chi connectivity index (χ3v) is 2.27. The Kier molecular flexibility index (Phi) is 3.01. The van der Waals surface area contributed by atoms with E-state index in [1.54, 1.807) is 0 Å². The van der Waals surface area contributed by atoms with Crippen LogP contribution in [-0.2, 0) is 6.42 Å². The molecule has 0 radical (unpaired) electrons. The maximum Gasteiger partial charge on any atom is 0.257 e. The van der Waals surface area contributed by atoms with Crippen LogP contribution in [-0.4, -0.2) is 16.2 Å². The van der Waals surface area contributed by atoms with Crippen LogP contribution in [0.4, 0.5) is 0 Å². The average Bonchev–Trinajstić information content (AvgIpc) is 2.66. The van der Waals surface area contributed by atoms with E-state index in [1.165, 1.54) is 5.56 Å². The largest absolute Gasteiger partial charge is 0.334 e. The Morgan fingerprint density at radius 3 is 2.62 bits per heavy atom. The summed E-state index contributed by atoms with van der Waals surface area (Å²) in [7, 11) is 0. The first-order chi connectivity index (χ1) is 7.65. The summed E-state index contributed by atoms with van der Waals surface area (Å²) in [4.78, 5) is 4.29. The Labute approximate surface area is 94.5 Å². The molecule has 0 aliphatic carbocycles. The van der Waals surface area contributed by atoms with Crippen molar-refractivity contribution in [1.29, 1.82) is 0 Å². The normalized spacial score (nSPS) is 12.7. The second-order valence-corrected chi connectivity index (χ2v) is 4.06. The molecule has 1 atom stereocenters. The van der Waals surface area contributed by atoms with E-state index in [1.807, 2.05) is 38.1 Å². The molecule has 2 N–H and O–H groups in total. The standard InChI is InChI=1S/C12H15N3O/c1-8-3-5-10(6-4-8)12-14-11(15-16-12)7-9(2)13/h3-6,9H,7,13H2,1-2H3. The van der Waals surface area contributed by atoms with E-state index >= 15 is 0 Å². The van der Waals surface area contributed by atoms with Crippen LogP contribution in [0.2, 0.25) is 0 Å². The molecule has 4 heteroatoms. The maximum absolute atomic E-state index is 5.67. The Morgan fingerprint density at radius 1 is 1.31 bits per heavy atom. The quantitative estimate of drug-likeness (QED) is 0.853. The van der Waals surface area contributed by atoms with E-state index in [9.17, 15) is 0 Å². The van der Waals surface area contributed by atoms with Gasteiger partial charge in [0.2, 0.25) is 0 Å². The zero-order chi connectivity index (χ0) is 11.5. The molecule has 2 rings (SSSR count). The van der Waals surface area contributed by atoms with Gasteiger partial charge in [0.1, 0.15) is 0 Å². The van der Waals surface area contributed by atoms with Crippen LogP contribution < -0.4 is 5.73 Å². The lowest BCUT2D eigenvalue weighted by atomic mass is 10.1. The molecular weight excluding hydrogens is 202 g/mol. The lowest BCUT2D eigenvalue weighted by Crippen LogP contribution is -2.18. The first-order valence-electron chi connectivity index (χ1n) is 5.30. The smallest absolute Gasteiger partial charge is 0.257 e.